The summed E-state index contributed by atoms with van der Waals surface area (Å²) >= 11 is 3.29. The maximum atomic E-state index is 12.2. The van der Waals surface area contributed by atoms with Gasteiger partial charge in [0, 0.05) is 4.47 Å². The topological polar surface area (TPSA) is 52.6 Å². The van der Waals surface area contributed by atoms with Crippen LogP contribution in [-0.2, 0) is 4.74 Å². The molecule has 0 aromatic heterocycles. The van der Waals surface area contributed by atoms with E-state index < -0.39 is 11.9 Å². The summed E-state index contributed by atoms with van der Waals surface area (Å²) < 4.78 is 11.0. The fourth-order valence-corrected chi connectivity index (χ4v) is 2.25. The molecule has 0 saturated carbocycles. The van der Waals surface area contributed by atoms with E-state index >= 15 is 0 Å². The van der Waals surface area contributed by atoms with Crippen molar-refractivity contribution in [3.8, 4) is 5.75 Å². The molecule has 0 radical (unpaired) electrons. The summed E-state index contributed by atoms with van der Waals surface area (Å²) in [6.07, 6.45) is 0. The van der Waals surface area contributed by atoms with E-state index in [4.69, 9.17) is 9.47 Å². The van der Waals surface area contributed by atoms with Crippen LogP contribution in [0.2, 0.25) is 0 Å². The number of rotatable bonds is 4. The monoisotopic (exact) mass is 362 g/mol. The lowest BCUT2D eigenvalue weighted by Crippen LogP contribution is -2.13. The first-order valence-electron chi connectivity index (χ1n) is 6.76. The van der Waals surface area contributed by atoms with Crippen molar-refractivity contribution in [2.24, 2.45) is 0 Å². The molecule has 0 heterocycles. The molecule has 0 unspecified atom stereocenters. The van der Waals surface area contributed by atoms with E-state index in [1.54, 1.807) is 43.3 Å². The fourth-order valence-electron chi connectivity index (χ4n) is 1.89. The second kappa shape index (κ2) is 7.22. The molecule has 0 amide bonds. The third kappa shape index (κ3) is 3.95. The average Bonchev–Trinajstić information content (AvgIpc) is 2.49. The lowest BCUT2D eigenvalue weighted by atomic mass is 10.1. The minimum absolute atomic E-state index is 0.174. The van der Waals surface area contributed by atoms with E-state index in [2.05, 4.69) is 15.9 Å². The number of aryl methyl sites for hydroxylation is 1. The molecule has 4 nitrogen and oxygen atoms in total. The highest BCUT2D eigenvalue weighted by Gasteiger charge is 2.18. The zero-order valence-corrected chi connectivity index (χ0v) is 13.8. The average molecular weight is 363 g/mol. The van der Waals surface area contributed by atoms with Gasteiger partial charge in [-0.3, -0.25) is 0 Å². The number of esters is 2. The third-order valence-electron chi connectivity index (χ3n) is 2.89. The van der Waals surface area contributed by atoms with Gasteiger partial charge in [-0.25, -0.2) is 9.59 Å². The highest BCUT2D eigenvalue weighted by molar-refractivity contribution is 9.10. The summed E-state index contributed by atoms with van der Waals surface area (Å²) in [5.74, 6) is -0.874. The van der Waals surface area contributed by atoms with E-state index in [-0.39, 0.29) is 17.9 Å². The zero-order valence-electron chi connectivity index (χ0n) is 12.3. The van der Waals surface area contributed by atoms with Gasteiger partial charge in [0.25, 0.3) is 0 Å². The second-order valence-electron chi connectivity index (χ2n) is 4.62. The molecule has 0 fully saturated rings. The van der Waals surface area contributed by atoms with Crippen LogP contribution in [0.3, 0.4) is 0 Å². The predicted octanol–water partition coefficient (Wildman–Crippen LogP) is 4.15. The normalized spacial score (nSPS) is 10.1. The smallest absolute Gasteiger partial charge is 0.343 e. The Labute approximate surface area is 137 Å². The van der Waals surface area contributed by atoms with Crippen molar-refractivity contribution in [3.63, 3.8) is 0 Å². The molecule has 0 saturated heterocycles. The van der Waals surface area contributed by atoms with Crippen molar-refractivity contribution < 1.29 is 19.1 Å². The first kappa shape index (κ1) is 16.2. The van der Waals surface area contributed by atoms with E-state index in [1.807, 2.05) is 13.0 Å². The van der Waals surface area contributed by atoms with Crippen LogP contribution in [0, 0.1) is 6.92 Å². The van der Waals surface area contributed by atoms with Crippen molar-refractivity contribution in [1.29, 1.82) is 0 Å². The van der Waals surface area contributed by atoms with Gasteiger partial charge < -0.3 is 9.47 Å². The Morgan fingerprint density at radius 3 is 2.55 bits per heavy atom. The van der Waals surface area contributed by atoms with Gasteiger partial charge in [-0.15, -0.1) is 0 Å². The number of hydrogen-bond acceptors (Lipinski definition) is 4. The maximum Gasteiger partial charge on any atom is 0.343 e. The van der Waals surface area contributed by atoms with Crippen LogP contribution in [-0.4, -0.2) is 18.5 Å². The van der Waals surface area contributed by atoms with Crippen molar-refractivity contribution in [2.75, 3.05) is 6.61 Å². The maximum absolute atomic E-state index is 12.2. The number of benzene rings is 2. The molecule has 0 bridgehead atoms. The second-order valence-corrected chi connectivity index (χ2v) is 5.54. The highest BCUT2D eigenvalue weighted by atomic mass is 79.9. The number of carbonyl (C=O) groups is 2. The van der Waals surface area contributed by atoms with Gasteiger partial charge in [-0.2, -0.15) is 0 Å². The van der Waals surface area contributed by atoms with Crippen LogP contribution < -0.4 is 4.74 Å². The van der Waals surface area contributed by atoms with Crippen LogP contribution in [0.5, 0.6) is 5.75 Å². The van der Waals surface area contributed by atoms with Crippen LogP contribution in [0.15, 0.2) is 46.9 Å². The van der Waals surface area contributed by atoms with Crippen molar-refractivity contribution in [1.82, 2.24) is 0 Å². The summed E-state index contributed by atoms with van der Waals surface area (Å²) in [5, 5.41) is 0. The Morgan fingerprint density at radius 1 is 1.09 bits per heavy atom. The van der Waals surface area contributed by atoms with Crippen molar-refractivity contribution in [3.05, 3.63) is 63.6 Å². The Hall–Kier alpha value is -2.14. The van der Waals surface area contributed by atoms with Gasteiger partial charge in [0.15, 0.2) is 0 Å². The molecule has 5 heteroatoms. The quantitative estimate of drug-likeness (QED) is 0.605. The van der Waals surface area contributed by atoms with E-state index in [9.17, 15) is 9.59 Å². The molecular weight excluding hydrogens is 348 g/mol. The molecule has 0 atom stereocenters. The summed E-state index contributed by atoms with van der Waals surface area (Å²) in [6.45, 7) is 3.85. The molecule has 0 spiro atoms. The number of hydrogen-bond donors (Lipinski definition) is 0. The first-order valence-corrected chi connectivity index (χ1v) is 7.56. The van der Waals surface area contributed by atoms with Crippen LogP contribution in [0.4, 0.5) is 0 Å². The molecule has 114 valence electrons. The molecule has 0 N–H and O–H groups in total. The molecule has 22 heavy (non-hydrogen) atoms. The van der Waals surface area contributed by atoms with Gasteiger partial charge in [0.05, 0.1) is 12.2 Å². The lowest BCUT2D eigenvalue weighted by Gasteiger charge is -2.10. The minimum atomic E-state index is -0.532. The minimum Gasteiger partial charge on any atom is -0.462 e. The molecule has 0 aliphatic heterocycles. The van der Waals surface area contributed by atoms with Gasteiger partial charge in [-0.05, 0) is 44.2 Å². The number of ether oxygens (including phenoxy) is 2. The van der Waals surface area contributed by atoms with Crippen molar-refractivity contribution >= 4 is 27.9 Å². The van der Waals surface area contributed by atoms with Crippen molar-refractivity contribution in [2.45, 2.75) is 13.8 Å². The Balaban J connectivity index is 2.29. The van der Waals surface area contributed by atoms with Gasteiger partial charge in [-0.1, -0.05) is 33.6 Å². The summed E-state index contributed by atoms with van der Waals surface area (Å²) in [7, 11) is 0. The van der Waals surface area contributed by atoms with E-state index in [0.29, 0.717) is 10.0 Å². The van der Waals surface area contributed by atoms with E-state index in [0.717, 1.165) is 5.56 Å². The highest BCUT2D eigenvalue weighted by Crippen LogP contribution is 2.25. The third-order valence-corrected chi connectivity index (χ3v) is 3.39. The number of carbonyl (C=O) groups excluding carboxylic acids is 2. The predicted molar refractivity (Wildman–Crippen MR) is 86.2 cm³/mol. The van der Waals surface area contributed by atoms with Gasteiger partial charge in [0.1, 0.15) is 11.3 Å². The summed E-state index contributed by atoms with van der Waals surface area (Å²) in [4.78, 5) is 24.2. The molecule has 0 aliphatic rings. The SMILES string of the molecule is CCOC(=O)c1cc(Br)ccc1OC(=O)c1cccc(C)c1. The van der Waals surface area contributed by atoms with Gasteiger partial charge >= 0.3 is 11.9 Å². The Kier molecular flexibility index (Phi) is 5.33. The standard InChI is InChI=1S/C17H15BrO4/c1-3-21-17(20)14-10-13(18)7-8-15(14)22-16(19)12-6-4-5-11(2)9-12/h4-10H,3H2,1-2H3. The molecular formula is C17H15BrO4. The summed E-state index contributed by atoms with van der Waals surface area (Å²) in [6, 6.07) is 11.9. The zero-order chi connectivity index (χ0) is 16.1. The van der Waals surface area contributed by atoms with Crippen LogP contribution >= 0.6 is 15.9 Å². The van der Waals surface area contributed by atoms with Crippen LogP contribution in [0.25, 0.3) is 0 Å². The number of halogens is 1. The molecule has 0 aliphatic carbocycles. The fraction of sp³-hybridized carbons (Fsp3) is 0.176. The largest absolute Gasteiger partial charge is 0.462 e. The van der Waals surface area contributed by atoms with E-state index in [1.165, 1.54) is 0 Å². The molecule has 2 aromatic carbocycles. The summed E-state index contributed by atoms with van der Waals surface area (Å²) in [5.41, 5.74) is 1.59. The Morgan fingerprint density at radius 2 is 1.86 bits per heavy atom. The lowest BCUT2D eigenvalue weighted by molar-refractivity contribution is 0.0520. The van der Waals surface area contributed by atoms with Gasteiger partial charge in [0.2, 0.25) is 0 Å². The molecule has 2 rings (SSSR count). The first-order chi connectivity index (χ1) is 10.5. The van der Waals surface area contributed by atoms with Crippen LogP contribution in [0.1, 0.15) is 33.2 Å². The Bertz CT molecular complexity index is 710. The molecule has 2 aromatic rings.